The summed E-state index contributed by atoms with van der Waals surface area (Å²) in [6.07, 6.45) is 2.10. The molecule has 0 radical (unpaired) electrons. The lowest BCUT2D eigenvalue weighted by Gasteiger charge is -2.08. The molecule has 0 aliphatic carbocycles. The average molecular weight is 370 g/mol. The number of aryl methyl sites for hydroxylation is 1. The molecular weight excluding hydrogens is 354 g/mol. The van der Waals surface area contributed by atoms with E-state index in [1.807, 2.05) is 12.1 Å². The fourth-order valence-electron chi connectivity index (χ4n) is 2.41. The average Bonchev–Trinajstić information content (AvgIpc) is 3.10. The standard InChI is InChI=1S/C19H16ClN3O3/c20-13-7-5-12(6-8-13)16-11-22-18(26-16)10-9-17(24)23-15-4-2-1-3-14(15)19(21)25/h1-8,11H,9-10H2,(H2,21,25)(H,23,24). The molecule has 1 heterocycles. The van der Waals surface area contributed by atoms with Gasteiger partial charge in [-0.15, -0.1) is 0 Å². The van der Waals surface area contributed by atoms with Crippen molar-refractivity contribution in [2.75, 3.05) is 5.32 Å². The second kappa shape index (κ2) is 7.84. The number of hydrogen-bond acceptors (Lipinski definition) is 4. The zero-order valence-corrected chi connectivity index (χ0v) is 14.5. The maximum Gasteiger partial charge on any atom is 0.250 e. The van der Waals surface area contributed by atoms with Gasteiger partial charge in [-0.05, 0) is 36.4 Å². The van der Waals surface area contributed by atoms with Gasteiger partial charge in [0.15, 0.2) is 11.7 Å². The summed E-state index contributed by atoms with van der Waals surface area (Å²) in [6.45, 7) is 0. The molecule has 0 saturated heterocycles. The molecule has 0 spiro atoms. The van der Waals surface area contributed by atoms with Crippen LogP contribution >= 0.6 is 11.6 Å². The molecule has 1 aromatic heterocycles. The first-order chi connectivity index (χ1) is 12.5. The summed E-state index contributed by atoms with van der Waals surface area (Å²) < 4.78 is 5.66. The Hall–Kier alpha value is -3.12. The van der Waals surface area contributed by atoms with Crippen molar-refractivity contribution in [3.63, 3.8) is 0 Å². The Labute approximate surface area is 155 Å². The second-order valence-electron chi connectivity index (χ2n) is 5.58. The van der Waals surface area contributed by atoms with Gasteiger partial charge in [0, 0.05) is 23.4 Å². The van der Waals surface area contributed by atoms with Crippen molar-refractivity contribution in [2.24, 2.45) is 5.73 Å². The molecule has 0 unspecified atom stereocenters. The predicted octanol–water partition coefficient (Wildman–Crippen LogP) is 3.67. The van der Waals surface area contributed by atoms with Crippen molar-refractivity contribution in [1.29, 1.82) is 0 Å². The number of hydrogen-bond donors (Lipinski definition) is 2. The van der Waals surface area contributed by atoms with Crippen LogP contribution in [0.4, 0.5) is 5.69 Å². The highest BCUT2D eigenvalue weighted by atomic mass is 35.5. The predicted molar refractivity (Wildman–Crippen MR) is 98.9 cm³/mol. The molecule has 7 heteroatoms. The number of carbonyl (C=O) groups excluding carboxylic acids is 2. The molecule has 3 rings (SSSR count). The van der Waals surface area contributed by atoms with Crippen molar-refractivity contribution in [2.45, 2.75) is 12.8 Å². The van der Waals surface area contributed by atoms with Crippen LogP contribution in [0.15, 0.2) is 59.1 Å². The number of amides is 2. The van der Waals surface area contributed by atoms with E-state index in [1.165, 1.54) is 0 Å². The number of aromatic nitrogens is 1. The molecule has 0 bridgehead atoms. The zero-order chi connectivity index (χ0) is 18.5. The minimum Gasteiger partial charge on any atom is -0.441 e. The van der Waals surface area contributed by atoms with Crippen LogP contribution in [0, 0.1) is 0 Å². The maximum atomic E-state index is 12.1. The Bertz CT molecular complexity index is 935. The normalized spacial score (nSPS) is 10.5. The van der Waals surface area contributed by atoms with Crippen LogP contribution in [-0.4, -0.2) is 16.8 Å². The Balaban J connectivity index is 1.60. The number of halogens is 1. The topological polar surface area (TPSA) is 98.2 Å². The third-order valence-corrected chi connectivity index (χ3v) is 3.97. The minimum absolute atomic E-state index is 0.160. The monoisotopic (exact) mass is 369 g/mol. The zero-order valence-electron chi connectivity index (χ0n) is 13.7. The van der Waals surface area contributed by atoms with Crippen LogP contribution in [-0.2, 0) is 11.2 Å². The Morgan fingerprint density at radius 3 is 2.58 bits per heavy atom. The molecule has 26 heavy (non-hydrogen) atoms. The molecule has 0 atom stereocenters. The van der Waals surface area contributed by atoms with Crippen molar-refractivity contribution in [3.05, 3.63) is 71.2 Å². The first-order valence-corrected chi connectivity index (χ1v) is 8.30. The first-order valence-electron chi connectivity index (χ1n) is 7.92. The fourth-order valence-corrected chi connectivity index (χ4v) is 2.54. The van der Waals surface area contributed by atoms with Gasteiger partial charge in [0.25, 0.3) is 5.91 Å². The number of nitrogens with two attached hydrogens (primary N) is 1. The molecule has 0 saturated carbocycles. The summed E-state index contributed by atoms with van der Waals surface area (Å²) in [7, 11) is 0. The Morgan fingerprint density at radius 1 is 1.12 bits per heavy atom. The van der Waals surface area contributed by atoms with Crippen LogP contribution < -0.4 is 11.1 Å². The number of carbonyl (C=O) groups is 2. The molecule has 2 amide bonds. The highest BCUT2D eigenvalue weighted by molar-refractivity contribution is 6.30. The lowest BCUT2D eigenvalue weighted by molar-refractivity contribution is -0.116. The number of primary amides is 1. The molecular formula is C19H16ClN3O3. The van der Waals surface area contributed by atoms with E-state index in [4.69, 9.17) is 21.8 Å². The Kier molecular flexibility index (Phi) is 5.34. The SMILES string of the molecule is NC(=O)c1ccccc1NC(=O)CCc1ncc(-c2ccc(Cl)cc2)o1. The van der Waals surface area contributed by atoms with Crippen molar-refractivity contribution >= 4 is 29.1 Å². The summed E-state index contributed by atoms with van der Waals surface area (Å²) in [5.41, 5.74) is 6.81. The number of nitrogens with one attached hydrogen (secondary N) is 1. The van der Waals surface area contributed by atoms with E-state index in [-0.39, 0.29) is 17.9 Å². The van der Waals surface area contributed by atoms with Crippen LogP contribution in [0.5, 0.6) is 0 Å². The van der Waals surface area contributed by atoms with Crippen LogP contribution in [0.2, 0.25) is 5.02 Å². The molecule has 2 aromatic carbocycles. The third kappa shape index (κ3) is 4.29. The number of para-hydroxylation sites is 1. The van der Waals surface area contributed by atoms with Gasteiger partial charge in [-0.1, -0.05) is 23.7 Å². The lowest BCUT2D eigenvalue weighted by atomic mass is 10.1. The van der Waals surface area contributed by atoms with Crippen LogP contribution in [0.3, 0.4) is 0 Å². The number of benzene rings is 2. The first kappa shape index (κ1) is 17.7. The largest absolute Gasteiger partial charge is 0.441 e. The Morgan fingerprint density at radius 2 is 1.85 bits per heavy atom. The summed E-state index contributed by atoms with van der Waals surface area (Å²) >= 11 is 5.87. The van der Waals surface area contributed by atoms with Crippen LogP contribution in [0.25, 0.3) is 11.3 Å². The highest BCUT2D eigenvalue weighted by Crippen LogP contribution is 2.23. The smallest absolute Gasteiger partial charge is 0.250 e. The van der Waals surface area contributed by atoms with Gasteiger partial charge in [0.2, 0.25) is 5.91 Å². The fraction of sp³-hybridized carbons (Fsp3) is 0.105. The van der Waals surface area contributed by atoms with E-state index < -0.39 is 5.91 Å². The van der Waals surface area contributed by atoms with Gasteiger partial charge in [-0.2, -0.15) is 0 Å². The van der Waals surface area contributed by atoms with E-state index >= 15 is 0 Å². The number of anilines is 1. The lowest BCUT2D eigenvalue weighted by Crippen LogP contribution is -2.18. The third-order valence-electron chi connectivity index (χ3n) is 3.71. The summed E-state index contributed by atoms with van der Waals surface area (Å²) in [4.78, 5) is 27.7. The minimum atomic E-state index is -0.596. The number of nitrogens with zero attached hydrogens (tertiary/aromatic N) is 1. The summed E-state index contributed by atoms with van der Waals surface area (Å²) in [5.74, 6) is 0.204. The molecule has 3 N–H and O–H groups in total. The van der Waals surface area contributed by atoms with E-state index in [9.17, 15) is 9.59 Å². The van der Waals surface area contributed by atoms with Gasteiger partial charge in [0.1, 0.15) is 0 Å². The van der Waals surface area contributed by atoms with Gasteiger partial charge in [-0.25, -0.2) is 4.98 Å². The summed E-state index contributed by atoms with van der Waals surface area (Å²) in [6, 6.07) is 13.8. The van der Waals surface area contributed by atoms with Gasteiger partial charge >= 0.3 is 0 Å². The van der Waals surface area contributed by atoms with Crippen molar-refractivity contribution in [3.8, 4) is 11.3 Å². The number of oxazole rings is 1. The number of rotatable bonds is 6. The highest BCUT2D eigenvalue weighted by Gasteiger charge is 2.12. The second-order valence-corrected chi connectivity index (χ2v) is 6.02. The van der Waals surface area contributed by atoms with E-state index in [0.29, 0.717) is 28.8 Å². The van der Waals surface area contributed by atoms with Gasteiger partial charge in [0.05, 0.1) is 17.4 Å². The molecule has 0 aliphatic rings. The van der Waals surface area contributed by atoms with Gasteiger partial charge < -0.3 is 15.5 Å². The maximum absolute atomic E-state index is 12.1. The molecule has 0 fully saturated rings. The van der Waals surface area contributed by atoms with E-state index in [0.717, 1.165) is 5.56 Å². The van der Waals surface area contributed by atoms with Crippen molar-refractivity contribution in [1.82, 2.24) is 4.98 Å². The molecule has 132 valence electrons. The van der Waals surface area contributed by atoms with E-state index in [1.54, 1.807) is 42.6 Å². The van der Waals surface area contributed by atoms with Crippen molar-refractivity contribution < 1.29 is 14.0 Å². The van der Waals surface area contributed by atoms with E-state index in [2.05, 4.69) is 10.3 Å². The molecule has 6 nitrogen and oxygen atoms in total. The van der Waals surface area contributed by atoms with Crippen LogP contribution in [0.1, 0.15) is 22.7 Å². The van der Waals surface area contributed by atoms with Gasteiger partial charge in [-0.3, -0.25) is 9.59 Å². The summed E-state index contributed by atoms with van der Waals surface area (Å²) in [5, 5.41) is 3.32. The molecule has 0 aliphatic heterocycles. The quantitative estimate of drug-likeness (QED) is 0.692. The molecule has 3 aromatic rings.